The normalized spacial score (nSPS) is 22.2. The molecule has 1 heterocycles. The van der Waals surface area contributed by atoms with Crippen LogP contribution >= 0.6 is 15.9 Å². The SMILES string of the molecule is CNC(=O)C1(C)CCN(Cc2cccc([N+](=O)[O-])c2Br)C1. The number of carbonyl (C=O) groups excluding carboxylic acids is 1. The number of carbonyl (C=O) groups is 1. The van der Waals surface area contributed by atoms with Crippen LogP contribution in [0.2, 0.25) is 0 Å². The Balaban J connectivity index is 2.12. The fourth-order valence-corrected chi connectivity index (χ4v) is 3.28. The van der Waals surface area contributed by atoms with E-state index in [-0.39, 0.29) is 17.0 Å². The second-order valence-electron chi connectivity index (χ2n) is 5.61. The molecule has 21 heavy (non-hydrogen) atoms. The van der Waals surface area contributed by atoms with Crippen LogP contribution in [0.3, 0.4) is 0 Å². The van der Waals surface area contributed by atoms with E-state index in [0.717, 1.165) is 18.5 Å². The zero-order valence-corrected chi connectivity index (χ0v) is 13.6. The van der Waals surface area contributed by atoms with E-state index in [1.165, 1.54) is 6.07 Å². The van der Waals surface area contributed by atoms with Crippen LogP contribution in [0.25, 0.3) is 0 Å². The van der Waals surface area contributed by atoms with Gasteiger partial charge in [-0.3, -0.25) is 19.8 Å². The molecule has 0 radical (unpaired) electrons. The number of amides is 1. The van der Waals surface area contributed by atoms with Crippen molar-refractivity contribution in [3.05, 3.63) is 38.3 Å². The minimum atomic E-state index is -0.397. The van der Waals surface area contributed by atoms with Gasteiger partial charge in [-0.1, -0.05) is 12.1 Å². The monoisotopic (exact) mass is 355 g/mol. The molecular weight excluding hydrogens is 338 g/mol. The van der Waals surface area contributed by atoms with Gasteiger partial charge in [-0.05, 0) is 41.4 Å². The van der Waals surface area contributed by atoms with Gasteiger partial charge in [-0.15, -0.1) is 0 Å². The lowest BCUT2D eigenvalue weighted by atomic mass is 9.89. The average Bonchev–Trinajstić information content (AvgIpc) is 2.82. The highest BCUT2D eigenvalue weighted by atomic mass is 79.9. The first-order valence-electron chi connectivity index (χ1n) is 6.74. The number of nitrogens with zero attached hydrogens (tertiary/aromatic N) is 2. The first kappa shape index (κ1) is 15.9. The van der Waals surface area contributed by atoms with Gasteiger partial charge in [0.25, 0.3) is 5.69 Å². The Labute approximate surface area is 131 Å². The van der Waals surface area contributed by atoms with Crippen molar-refractivity contribution < 1.29 is 9.72 Å². The molecule has 1 aromatic carbocycles. The lowest BCUT2D eigenvalue weighted by molar-refractivity contribution is -0.385. The van der Waals surface area contributed by atoms with E-state index in [1.54, 1.807) is 13.1 Å². The third-order valence-corrected chi connectivity index (χ3v) is 4.89. The van der Waals surface area contributed by atoms with E-state index in [4.69, 9.17) is 0 Å². The zero-order chi connectivity index (χ0) is 15.6. The zero-order valence-electron chi connectivity index (χ0n) is 12.1. The van der Waals surface area contributed by atoms with E-state index < -0.39 is 4.92 Å². The number of hydrogen-bond acceptors (Lipinski definition) is 4. The minimum Gasteiger partial charge on any atom is -0.359 e. The van der Waals surface area contributed by atoms with E-state index in [9.17, 15) is 14.9 Å². The Bertz CT molecular complexity index is 579. The molecule has 1 amide bonds. The third kappa shape index (κ3) is 3.24. The van der Waals surface area contributed by atoms with Crippen LogP contribution in [-0.4, -0.2) is 35.9 Å². The van der Waals surface area contributed by atoms with Gasteiger partial charge in [0.1, 0.15) is 0 Å². The summed E-state index contributed by atoms with van der Waals surface area (Å²) in [6, 6.07) is 5.03. The summed E-state index contributed by atoms with van der Waals surface area (Å²) in [4.78, 5) is 24.6. The van der Waals surface area contributed by atoms with E-state index in [0.29, 0.717) is 17.6 Å². The average molecular weight is 356 g/mol. The van der Waals surface area contributed by atoms with E-state index in [2.05, 4.69) is 26.1 Å². The van der Waals surface area contributed by atoms with Crippen LogP contribution < -0.4 is 5.32 Å². The van der Waals surface area contributed by atoms with Crippen LogP contribution in [0.1, 0.15) is 18.9 Å². The fraction of sp³-hybridized carbons (Fsp3) is 0.500. The number of likely N-dealkylation sites (tertiary alicyclic amines) is 1. The Morgan fingerprint density at radius 2 is 2.29 bits per heavy atom. The molecule has 0 saturated carbocycles. The number of rotatable bonds is 4. The number of benzene rings is 1. The highest BCUT2D eigenvalue weighted by Crippen LogP contribution is 2.34. The van der Waals surface area contributed by atoms with E-state index >= 15 is 0 Å². The summed E-state index contributed by atoms with van der Waals surface area (Å²) in [5.41, 5.74) is 0.549. The summed E-state index contributed by atoms with van der Waals surface area (Å²) in [7, 11) is 1.65. The molecule has 2 rings (SSSR count). The smallest absolute Gasteiger partial charge is 0.283 e. The number of nitro benzene ring substituents is 1. The molecule has 1 atom stereocenters. The fourth-order valence-electron chi connectivity index (χ4n) is 2.75. The van der Waals surface area contributed by atoms with Crippen molar-refractivity contribution in [1.29, 1.82) is 0 Å². The summed E-state index contributed by atoms with van der Waals surface area (Å²) in [5, 5.41) is 13.7. The first-order chi connectivity index (χ1) is 9.87. The Kier molecular flexibility index (Phi) is 4.63. The molecule has 114 valence electrons. The van der Waals surface area contributed by atoms with Crippen LogP contribution in [0.5, 0.6) is 0 Å². The molecule has 1 aromatic rings. The van der Waals surface area contributed by atoms with Gasteiger partial charge in [-0.2, -0.15) is 0 Å². The minimum absolute atomic E-state index is 0.0445. The molecule has 1 aliphatic rings. The molecule has 7 heteroatoms. The molecule has 0 aliphatic carbocycles. The molecule has 1 saturated heterocycles. The topological polar surface area (TPSA) is 75.5 Å². The Hall–Kier alpha value is -1.47. The summed E-state index contributed by atoms with van der Waals surface area (Å²) in [6.45, 7) is 4.00. The quantitative estimate of drug-likeness (QED) is 0.664. The van der Waals surface area contributed by atoms with Crippen molar-refractivity contribution in [2.45, 2.75) is 19.9 Å². The summed E-state index contributed by atoms with van der Waals surface area (Å²) in [5.74, 6) is 0.0445. The molecule has 6 nitrogen and oxygen atoms in total. The van der Waals surface area contributed by atoms with Crippen molar-refractivity contribution in [3.8, 4) is 0 Å². The molecule has 0 bridgehead atoms. The highest BCUT2D eigenvalue weighted by Gasteiger charge is 2.39. The van der Waals surface area contributed by atoms with Crippen LogP contribution in [-0.2, 0) is 11.3 Å². The maximum absolute atomic E-state index is 11.9. The first-order valence-corrected chi connectivity index (χ1v) is 7.53. The van der Waals surface area contributed by atoms with Gasteiger partial charge >= 0.3 is 0 Å². The second-order valence-corrected chi connectivity index (χ2v) is 6.40. The maximum atomic E-state index is 11.9. The Morgan fingerprint density at radius 1 is 1.57 bits per heavy atom. The maximum Gasteiger partial charge on any atom is 0.283 e. The molecule has 0 aromatic heterocycles. The van der Waals surface area contributed by atoms with Crippen molar-refractivity contribution in [3.63, 3.8) is 0 Å². The third-order valence-electron chi connectivity index (χ3n) is 3.98. The van der Waals surface area contributed by atoms with Gasteiger partial charge in [-0.25, -0.2) is 0 Å². The molecule has 1 fully saturated rings. The van der Waals surface area contributed by atoms with Crippen LogP contribution in [0.15, 0.2) is 22.7 Å². The summed E-state index contributed by atoms with van der Waals surface area (Å²) < 4.78 is 0.517. The van der Waals surface area contributed by atoms with Crippen LogP contribution in [0, 0.1) is 15.5 Å². The molecule has 1 unspecified atom stereocenters. The predicted molar refractivity (Wildman–Crippen MR) is 82.9 cm³/mol. The molecule has 1 aliphatic heterocycles. The van der Waals surface area contributed by atoms with Gasteiger partial charge in [0.05, 0.1) is 14.8 Å². The second kappa shape index (κ2) is 6.11. The predicted octanol–water partition coefficient (Wildman–Crippen LogP) is 2.32. The van der Waals surface area contributed by atoms with E-state index in [1.807, 2.05) is 13.0 Å². The van der Waals surface area contributed by atoms with Crippen molar-refractivity contribution >= 4 is 27.5 Å². The summed E-state index contributed by atoms with van der Waals surface area (Å²) >= 11 is 3.31. The van der Waals surface area contributed by atoms with Crippen molar-refractivity contribution in [1.82, 2.24) is 10.2 Å². The van der Waals surface area contributed by atoms with Gasteiger partial charge in [0, 0.05) is 26.2 Å². The van der Waals surface area contributed by atoms with Gasteiger partial charge in [0.2, 0.25) is 5.91 Å². The lowest BCUT2D eigenvalue weighted by Crippen LogP contribution is -2.39. The number of nitro groups is 1. The van der Waals surface area contributed by atoms with Gasteiger partial charge < -0.3 is 5.32 Å². The lowest BCUT2D eigenvalue weighted by Gasteiger charge is -2.23. The number of halogens is 1. The van der Waals surface area contributed by atoms with Crippen LogP contribution in [0.4, 0.5) is 5.69 Å². The summed E-state index contributed by atoms with van der Waals surface area (Å²) in [6.07, 6.45) is 0.791. The van der Waals surface area contributed by atoms with Crippen molar-refractivity contribution in [2.24, 2.45) is 5.41 Å². The molecule has 0 spiro atoms. The van der Waals surface area contributed by atoms with Crippen molar-refractivity contribution in [2.75, 3.05) is 20.1 Å². The Morgan fingerprint density at radius 3 is 2.90 bits per heavy atom. The molecule has 1 N–H and O–H groups in total. The van der Waals surface area contributed by atoms with Gasteiger partial charge in [0.15, 0.2) is 0 Å². The highest BCUT2D eigenvalue weighted by molar-refractivity contribution is 9.10. The largest absolute Gasteiger partial charge is 0.359 e. The standard InChI is InChI=1S/C14H18BrN3O3/c1-14(13(19)16-2)6-7-17(9-14)8-10-4-3-5-11(12(10)15)18(20)21/h3-5H,6-9H2,1-2H3,(H,16,19). The molecular formula is C14H18BrN3O3. The number of nitrogens with one attached hydrogen (secondary N) is 1. The number of hydrogen-bond donors (Lipinski definition) is 1.